The van der Waals surface area contributed by atoms with E-state index in [1.807, 2.05) is 29.0 Å². The van der Waals surface area contributed by atoms with Crippen LogP contribution in [0.3, 0.4) is 0 Å². The average molecular weight is 372 g/mol. The second-order valence-corrected chi connectivity index (χ2v) is 7.20. The molecule has 4 nitrogen and oxygen atoms in total. The van der Waals surface area contributed by atoms with Gasteiger partial charge in [0.1, 0.15) is 9.71 Å². The van der Waals surface area contributed by atoms with Gasteiger partial charge in [-0.25, -0.2) is 9.97 Å². The molecule has 0 saturated carbocycles. The number of nitrogens with zero attached hydrogens (tertiary/aromatic N) is 3. The smallest absolute Gasteiger partial charge is 0.267 e. The fourth-order valence-corrected chi connectivity index (χ4v) is 4.03. The van der Waals surface area contributed by atoms with Crippen LogP contribution in [0.2, 0.25) is 5.02 Å². The first-order chi connectivity index (χ1) is 11.7. The molecule has 118 valence electrons. The molecule has 0 aliphatic carbocycles. The molecule has 0 amide bonds. The van der Waals surface area contributed by atoms with E-state index in [2.05, 4.69) is 16.5 Å². The summed E-state index contributed by atoms with van der Waals surface area (Å²) >= 11 is 9.15. The number of fused-ring (bicyclic) bond motifs is 1. The third kappa shape index (κ3) is 2.39. The van der Waals surface area contributed by atoms with Crippen LogP contribution in [0.5, 0.6) is 0 Å². The molecule has 0 unspecified atom stereocenters. The number of thiazole rings is 1. The molecule has 0 atom stereocenters. The summed E-state index contributed by atoms with van der Waals surface area (Å²) in [6, 6.07) is 9.03. The van der Waals surface area contributed by atoms with Crippen molar-refractivity contribution in [1.29, 1.82) is 0 Å². The lowest BCUT2D eigenvalue weighted by atomic mass is 10.2. The summed E-state index contributed by atoms with van der Waals surface area (Å²) in [5.74, 6) is 0.453. The SMILES string of the molecule is C=C(c1nccs1)c1nc2ccsc2c(=O)n1-c1ccccc1Cl. The van der Waals surface area contributed by atoms with Crippen LogP contribution in [0, 0.1) is 0 Å². The number of para-hydroxylation sites is 1. The van der Waals surface area contributed by atoms with Crippen molar-refractivity contribution in [2.24, 2.45) is 0 Å². The zero-order valence-electron chi connectivity index (χ0n) is 12.3. The number of aromatic nitrogens is 3. The summed E-state index contributed by atoms with van der Waals surface area (Å²) < 4.78 is 2.11. The first-order valence-corrected chi connectivity index (χ1v) is 9.15. The number of benzene rings is 1. The molecule has 0 N–H and O–H groups in total. The third-order valence-corrected chi connectivity index (χ3v) is 5.58. The van der Waals surface area contributed by atoms with Crippen molar-refractivity contribution in [2.75, 3.05) is 0 Å². The molecular weight excluding hydrogens is 362 g/mol. The van der Waals surface area contributed by atoms with E-state index in [1.54, 1.807) is 18.3 Å². The summed E-state index contributed by atoms with van der Waals surface area (Å²) in [6.45, 7) is 4.10. The molecule has 1 aromatic carbocycles. The van der Waals surface area contributed by atoms with Gasteiger partial charge in [0.15, 0.2) is 5.82 Å². The number of rotatable bonds is 3. The van der Waals surface area contributed by atoms with Crippen LogP contribution < -0.4 is 5.56 Å². The van der Waals surface area contributed by atoms with Gasteiger partial charge in [0, 0.05) is 17.2 Å². The highest BCUT2D eigenvalue weighted by atomic mass is 35.5. The molecule has 0 saturated heterocycles. The van der Waals surface area contributed by atoms with Gasteiger partial charge in [0.05, 0.1) is 16.2 Å². The molecule has 0 aliphatic rings. The molecular formula is C17H10ClN3OS2. The van der Waals surface area contributed by atoms with Crippen molar-refractivity contribution in [3.05, 3.63) is 80.1 Å². The Morgan fingerprint density at radius 2 is 2.00 bits per heavy atom. The Balaban J connectivity index is 2.08. The molecule has 7 heteroatoms. The van der Waals surface area contributed by atoms with Gasteiger partial charge in [-0.1, -0.05) is 30.3 Å². The molecule has 4 rings (SSSR count). The van der Waals surface area contributed by atoms with E-state index in [4.69, 9.17) is 11.6 Å². The van der Waals surface area contributed by atoms with Gasteiger partial charge in [-0.05, 0) is 23.6 Å². The minimum atomic E-state index is -0.157. The van der Waals surface area contributed by atoms with Gasteiger partial charge < -0.3 is 0 Å². The Labute approximate surface area is 150 Å². The number of thiophene rings is 1. The van der Waals surface area contributed by atoms with Gasteiger partial charge in [0.25, 0.3) is 5.56 Å². The maximum Gasteiger partial charge on any atom is 0.276 e. The molecule has 24 heavy (non-hydrogen) atoms. The lowest BCUT2D eigenvalue weighted by Gasteiger charge is -2.14. The second kappa shape index (κ2) is 5.98. The summed E-state index contributed by atoms with van der Waals surface area (Å²) in [4.78, 5) is 22.0. The summed E-state index contributed by atoms with van der Waals surface area (Å²) in [5, 5.41) is 4.91. The topological polar surface area (TPSA) is 47.8 Å². The first kappa shape index (κ1) is 15.3. The van der Waals surface area contributed by atoms with Gasteiger partial charge >= 0.3 is 0 Å². The van der Waals surface area contributed by atoms with Crippen molar-refractivity contribution in [2.45, 2.75) is 0 Å². The van der Waals surface area contributed by atoms with Crippen molar-refractivity contribution < 1.29 is 0 Å². The summed E-state index contributed by atoms with van der Waals surface area (Å²) in [7, 11) is 0. The fourth-order valence-electron chi connectivity index (χ4n) is 2.44. The zero-order chi connectivity index (χ0) is 16.7. The molecule has 3 aromatic heterocycles. The second-order valence-electron chi connectivity index (χ2n) is 4.98. The molecule has 0 fully saturated rings. The van der Waals surface area contributed by atoms with Crippen LogP contribution in [0.1, 0.15) is 10.8 Å². The zero-order valence-corrected chi connectivity index (χ0v) is 14.7. The monoisotopic (exact) mass is 371 g/mol. The molecule has 3 heterocycles. The normalized spacial score (nSPS) is 11.0. The molecule has 4 aromatic rings. The van der Waals surface area contributed by atoms with Gasteiger partial charge in [-0.2, -0.15) is 0 Å². The summed E-state index contributed by atoms with van der Waals surface area (Å²) in [5.41, 5.74) is 1.67. The van der Waals surface area contributed by atoms with E-state index >= 15 is 0 Å². The maximum atomic E-state index is 13.1. The van der Waals surface area contributed by atoms with Gasteiger partial charge in [-0.3, -0.25) is 9.36 Å². The Bertz CT molecular complexity index is 1110. The average Bonchev–Trinajstić information content (AvgIpc) is 3.26. The predicted octanol–water partition coefficient (Wildman–Crippen LogP) is 4.62. The maximum absolute atomic E-state index is 13.1. The third-order valence-electron chi connectivity index (χ3n) is 3.53. The van der Waals surface area contributed by atoms with E-state index in [9.17, 15) is 4.79 Å². The number of hydrogen-bond donors (Lipinski definition) is 0. The lowest BCUT2D eigenvalue weighted by Crippen LogP contribution is -2.23. The van der Waals surface area contributed by atoms with Crippen LogP contribution in [-0.4, -0.2) is 14.5 Å². The van der Waals surface area contributed by atoms with E-state index in [1.165, 1.54) is 27.2 Å². The van der Waals surface area contributed by atoms with Crippen LogP contribution >= 0.6 is 34.3 Å². The Morgan fingerprint density at radius 1 is 1.17 bits per heavy atom. The van der Waals surface area contributed by atoms with Crippen molar-refractivity contribution in [3.63, 3.8) is 0 Å². The Kier molecular flexibility index (Phi) is 3.80. The predicted molar refractivity (Wildman–Crippen MR) is 100 cm³/mol. The Hall–Kier alpha value is -2.28. The quantitative estimate of drug-likeness (QED) is 0.528. The first-order valence-electron chi connectivity index (χ1n) is 7.01. The largest absolute Gasteiger partial charge is 0.276 e. The fraction of sp³-hybridized carbons (Fsp3) is 0. The van der Waals surface area contributed by atoms with Crippen LogP contribution in [0.25, 0.3) is 21.5 Å². The molecule has 0 radical (unpaired) electrons. The summed E-state index contributed by atoms with van der Waals surface area (Å²) in [6.07, 6.45) is 1.70. The standard InChI is InChI=1S/C17H10ClN3OS2/c1-10(16-19-7-9-24-16)15-20-12-6-8-23-14(12)17(22)21(15)13-5-3-2-4-11(13)18/h2-9H,1H2. The Morgan fingerprint density at radius 3 is 2.75 bits per heavy atom. The minimum Gasteiger partial charge on any atom is -0.267 e. The highest BCUT2D eigenvalue weighted by Crippen LogP contribution is 2.28. The van der Waals surface area contributed by atoms with Gasteiger partial charge in [-0.15, -0.1) is 22.7 Å². The lowest BCUT2D eigenvalue weighted by molar-refractivity contribution is 0.938. The van der Waals surface area contributed by atoms with Crippen molar-refractivity contribution in [1.82, 2.24) is 14.5 Å². The molecule has 0 spiro atoms. The number of halogens is 1. The minimum absolute atomic E-state index is 0.157. The number of hydrogen-bond acceptors (Lipinski definition) is 5. The molecule has 0 bridgehead atoms. The van der Waals surface area contributed by atoms with E-state index < -0.39 is 0 Å². The highest BCUT2D eigenvalue weighted by molar-refractivity contribution is 7.17. The molecule has 0 aliphatic heterocycles. The van der Waals surface area contributed by atoms with E-state index in [0.717, 1.165) is 5.01 Å². The highest BCUT2D eigenvalue weighted by Gasteiger charge is 2.19. The van der Waals surface area contributed by atoms with Crippen LogP contribution in [0.4, 0.5) is 0 Å². The van der Waals surface area contributed by atoms with Crippen LogP contribution in [0.15, 0.2) is 58.7 Å². The van der Waals surface area contributed by atoms with Crippen LogP contribution in [-0.2, 0) is 0 Å². The van der Waals surface area contributed by atoms with E-state index in [-0.39, 0.29) is 5.56 Å². The van der Waals surface area contributed by atoms with Gasteiger partial charge in [0.2, 0.25) is 0 Å². The van der Waals surface area contributed by atoms with E-state index in [0.29, 0.717) is 32.3 Å². The van der Waals surface area contributed by atoms with Crippen molar-refractivity contribution >= 4 is 50.1 Å². The van der Waals surface area contributed by atoms with Crippen molar-refractivity contribution in [3.8, 4) is 5.69 Å².